The second-order valence-corrected chi connectivity index (χ2v) is 6.55. The average molecular weight is 344 g/mol. The molecule has 3 aromatic rings. The lowest BCUT2D eigenvalue weighted by Gasteiger charge is -2.25. The van der Waals surface area contributed by atoms with Crippen molar-refractivity contribution >= 4 is 17.1 Å². The zero-order valence-electron chi connectivity index (χ0n) is 15.2. The lowest BCUT2D eigenvalue weighted by atomic mass is 9.97. The molecule has 0 aliphatic heterocycles. The van der Waals surface area contributed by atoms with Crippen molar-refractivity contribution in [3.05, 3.63) is 90.0 Å². The summed E-state index contributed by atoms with van der Waals surface area (Å²) in [6.45, 7) is 0. The average Bonchev–Trinajstić information content (AvgIpc) is 2.67. The van der Waals surface area contributed by atoms with Gasteiger partial charge in [-0.3, -0.25) is 0 Å². The molecule has 0 aliphatic rings. The Morgan fingerprint density at radius 1 is 0.769 bits per heavy atom. The number of hydrogen-bond acceptors (Lipinski definition) is 4. The Morgan fingerprint density at radius 2 is 1.35 bits per heavy atom. The molecular formula is C22H24N4. The van der Waals surface area contributed by atoms with Crippen LogP contribution in [0.2, 0.25) is 0 Å². The zero-order chi connectivity index (χ0) is 18.4. The van der Waals surface area contributed by atoms with Crippen LogP contribution in [0.5, 0.6) is 0 Å². The molecule has 1 unspecified atom stereocenters. The highest BCUT2D eigenvalue weighted by Gasteiger charge is 2.14. The maximum absolute atomic E-state index is 5.81. The molecule has 0 bridgehead atoms. The van der Waals surface area contributed by atoms with Gasteiger partial charge in [0.15, 0.2) is 0 Å². The molecule has 3 rings (SSSR count). The molecule has 2 N–H and O–H groups in total. The molecular weight excluding hydrogens is 320 g/mol. The molecule has 0 amide bonds. The number of nitrogens with zero attached hydrogens (tertiary/aromatic N) is 3. The number of rotatable bonds is 6. The van der Waals surface area contributed by atoms with Gasteiger partial charge in [-0.2, -0.15) is 10.2 Å². The van der Waals surface area contributed by atoms with Gasteiger partial charge in [0, 0.05) is 11.7 Å². The molecule has 0 spiro atoms. The second-order valence-electron chi connectivity index (χ2n) is 6.55. The number of likely N-dealkylation sites (N-methyl/N-ethyl adjacent to an activating group) is 1. The topological polar surface area (TPSA) is 54.0 Å². The summed E-state index contributed by atoms with van der Waals surface area (Å²) in [6.07, 6.45) is 0.924. The summed E-state index contributed by atoms with van der Waals surface area (Å²) in [5.74, 6) is 0. The van der Waals surface area contributed by atoms with Gasteiger partial charge in [-0.15, -0.1) is 0 Å². The largest absolute Gasteiger partial charge is 0.399 e. The van der Waals surface area contributed by atoms with Crippen molar-refractivity contribution in [3.63, 3.8) is 0 Å². The lowest BCUT2D eigenvalue weighted by Crippen LogP contribution is -2.22. The minimum Gasteiger partial charge on any atom is -0.399 e. The summed E-state index contributed by atoms with van der Waals surface area (Å²) in [5, 5.41) is 8.56. The van der Waals surface area contributed by atoms with E-state index >= 15 is 0 Å². The highest BCUT2D eigenvalue weighted by Crippen LogP contribution is 2.25. The summed E-state index contributed by atoms with van der Waals surface area (Å²) in [6, 6.07) is 26.4. The molecule has 0 saturated carbocycles. The van der Waals surface area contributed by atoms with Crippen molar-refractivity contribution in [1.29, 1.82) is 0 Å². The highest BCUT2D eigenvalue weighted by atomic mass is 15.1. The molecule has 3 aromatic carbocycles. The molecule has 0 radical (unpaired) electrons. The molecule has 0 fully saturated rings. The Kier molecular flexibility index (Phi) is 5.77. The van der Waals surface area contributed by atoms with Crippen LogP contribution in [0.15, 0.2) is 89.1 Å². The van der Waals surface area contributed by atoms with E-state index in [1.807, 2.05) is 54.6 Å². The predicted molar refractivity (Wildman–Crippen MR) is 108 cm³/mol. The van der Waals surface area contributed by atoms with E-state index < -0.39 is 0 Å². The Hall–Kier alpha value is -2.98. The molecule has 4 heteroatoms. The first-order valence-electron chi connectivity index (χ1n) is 8.69. The first-order chi connectivity index (χ1) is 12.6. The standard InChI is InChI=1S/C22H24N4/c1-26(2)22(18-10-12-19(23)13-11-18)16-17-8-14-21(15-9-17)25-24-20-6-4-3-5-7-20/h3-15,22H,16,23H2,1-2H3/b25-24+. The van der Waals surface area contributed by atoms with Crippen LogP contribution in [0.3, 0.4) is 0 Å². The second kappa shape index (κ2) is 8.41. The third-order valence-corrected chi connectivity index (χ3v) is 4.35. The molecule has 0 aromatic heterocycles. The van der Waals surface area contributed by atoms with Crippen LogP contribution in [0.1, 0.15) is 17.2 Å². The van der Waals surface area contributed by atoms with Crippen molar-refractivity contribution in [3.8, 4) is 0 Å². The summed E-state index contributed by atoms with van der Waals surface area (Å²) in [5.41, 5.74) is 10.8. The van der Waals surface area contributed by atoms with Gasteiger partial charge < -0.3 is 10.6 Å². The number of anilines is 1. The number of benzene rings is 3. The van der Waals surface area contributed by atoms with Crippen LogP contribution in [0.25, 0.3) is 0 Å². The quantitative estimate of drug-likeness (QED) is 0.472. The minimum absolute atomic E-state index is 0.299. The normalized spacial score (nSPS) is 12.6. The highest BCUT2D eigenvalue weighted by molar-refractivity contribution is 5.42. The van der Waals surface area contributed by atoms with E-state index in [4.69, 9.17) is 5.73 Å². The molecule has 4 nitrogen and oxygen atoms in total. The number of nitrogens with two attached hydrogens (primary N) is 1. The first-order valence-corrected chi connectivity index (χ1v) is 8.69. The third-order valence-electron chi connectivity index (χ3n) is 4.35. The Morgan fingerprint density at radius 3 is 1.92 bits per heavy atom. The smallest absolute Gasteiger partial charge is 0.0857 e. The van der Waals surface area contributed by atoms with E-state index in [-0.39, 0.29) is 0 Å². The van der Waals surface area contributed by atoms with Gasteiger partial charge in [-0.25, -0.2) is 0 Å². The molecule has 132 valence electrons. The Balaban J connectivity index is 1.71. The molecule has 0 heterocycles. The summed E-state index contributed by atoms with van der Waals surface area (Å²) >= 11 is 0. The zero-order valence-corrected chi connectivity index (χ0v) is 15.2. The number of nitrogen functional groups attached to an aromatic ring is 1. The molecule has 0 saturated heterocycles. The predicted octanol–water partition coefficient (Wildman–Crippen LogP) is 5.53. The maximum atomic E-state index is 5.81. The van der Waals surface area contributed by atoms with Crippen LogP contribution in [-0.4, -0.2) is 19.0 Å². The van der Waals surface area contributed by atoms with E-state index in [0.29, 0.717) is 6.04 Å². The fraction of sp³-hybridized carbons (Fsp3) is 0.182. The maximum Gasteiger partial charge on any atom is 0.0857 e. The van der Waals surface area contributed by atoms with Gasteiger partial charge in [0.05, 0.1) is 11.4 Å². The van der Waals surface area contributed by atoms with Crippen molar-refractivity contribution < 1.29 is 0 Å². The van der Waals surface area contributed by atoms with E-state index in [2.05, 4.69) is 53.5 Å². The van der Waals surface area contributed by atoms with Crippen LogP contribution >= 0.6 is 0 Å². The Bertz CT molecular complexity index is 838. The van der Waals surface area contributed by atoms with Gasteiger partial charge in [-0.1, -0.05) is 42.5 Å². The van der Waals surface area contributed by atoms with Crippen LogP contribution in [0, 0.1) is 0 Å². The van der Waals surface area contributed by atoms with Gasteiger partial charge >= 0.3 is 0 Å². The molecule has 0 aliphatic carbocycles. The first kappa shape index (κ1) is 17.8. The van der Waals surface area contributed by atoms with E-state index in [0.717, 1.165) is 23.5 Å². The van der Waals surface area contributed by atoms with E-state index in [1.54, 1.807) is 0 Å². The molecule has 1 atom stereocenters. The van der Waals surface area contributed by atoms with Crippen molar-refractivity contribution in [2.45, 2.75) is 12.5 Å². The third kappa shape index (κ3) is 4.77. The van der Waals surface area contributed by atoms with Crippen molar-refractivity contribution in [2.75, 3.05) is 19.8 Å². The SMILES string of the molecule is CN(C)C(Cc1ccc(/N=N/c2ccccc2)cc1)c1ccc(N)cc1. The fourth-order valence-electron chi connectivity index (χ4n) is 2.85. The van der Waals surface area contributed by atoms with Gasteiger partial charge in [0.1, 0.15) is 0 Å². The van der Waals surface area contributed by atoms with Crippen LogP contribution in [0.4, 0.5) is 17.1 Å². The van der Waals surface area contributed by atoms with Gasteiger partial charge in [-0.05, 0) is 68.0 Å². The number of azo groups is 1. The Labute approximate surface area is 155 Å². The number of hydrogen-bond donors (Lipinski definition) is 1. The van der Waals surface area contributed by atoms with Crippen molar-refractivity contribution in [1.82, 2.24) is 4.90 Å². The lowest BCUT2D eigenvalue weighted by molar-refractivity contribution is 0.297. The minimum atomic E-state index is 0.299. The monoisotopic (exact) mass is 344 g/mol. The van der Waals surface area contributed by atoms with Crippen LogP contribution in [-0.2, 0) is 6.42 Å². The summed E-state index contributed by atoms with van der Waals surface area (Å²) in [4.78, 5) is 2.23. The molecule has 26 heavy (non-hydrogen) atoms. The van der Waals surface area contributed by atoms with E-state index in [1.165, 1.54) is 11.1 Å². The summed E-state index contributed by atoms with van der Waals surface area (Å²) < 4.78 is 0. The summed E-state index contributed by atoms with van der Waals surface area (Å²) in [7, 11) is 4.20. The van der Waals surface area contributed by atoms with Crippen LogP contribution < -0.4 is 5.73 Å². The van der Waals surface area contributed by atoms with E-state index in [9.17, 15) is 0 Å². The fourth-order valence-corrected chi connectivity index (χ4v) is 2.85. The van der Waals surface area contributed by atoms with Crippen molar-refractivity contribution in [2.24, 2.45) is 10.2 Å². The van der Waals surface area contributed by atoms with Gasteiger partial charge in [0.2, 0.25) is 0 Å². The van der Waals surface area contributed by atoms with Gasteiger partial charge in [0.25, 0.3) is 0 Å².